The summed E-state index contributed by atoms with van der Waals surface area (Å²) >= 11 is 0. The lowest BCUT2D eigenvalue weighted by molar-refractivity contribution is 0.0599. The molecule has 1 aromatic carbocycles. The second-order valence-corrected chi connectivity index (χ2v) is 7.97. The number of carbonyl (C=O) groups is 1. The molecule has 0 bridgehead atoms. The largest absolute Gasteiger partial charge is 0.455 e. The molecule has 0 radical (unpaired) electrons. The molecule has 27 heavy (non-hydrogen) atoms. The molecule has 0 saturated carbocycles. The first-order valence-electron chi connectivity index (χ1n) is 8.14. The summed E-state index contributed by atoms with van der Waals surface area (Å²) in [6.45, 7) is 1.57. The van der Waals surface area contributed by atoms with Gasteiger partial charge in [0, 0.05) is 19.6 Å². The third-order valence-electron chi connectivity index (χ3n) is 4.12. The van der Waals surface area contributed by atoms with E-state index in [-0.39, 0.29) is 42.5 Å². The second kappa shape index (κ2) is 8.83. The predicted molar refractivity (Wildman–Crippen MR) is 101 cm³/mol. The lowest BCUT2D eigenvalue weighted by atomic mass is 10.0. The van der Waals surface area contributed by atoms with Crippen molar-refractivity contribution in [1.29, 1.82) is 0 Å². The van der Waals surface area contributed by atoms with Crippen LogP contribution in [0.15, 0.2) is 40.8 Å². The number of hydrogen-bond donors (Lipinski definition) is 2. The molecule has 10 heteroatoms. The monoisotopic (exact) mass is 417 g/mol. The van der Waals surface area contributed by atoms with Crippen molar-refractivity contribution < 1.29 is 22.0 Å². The van der Waals surface area contributed by atoms with Gasteiger partial charge in [0.2, 0.25) is 10.0 Å². The summed E-state index contributed by atoms with van der Waals surface area (Å²) in [5.74, 6) is -0.200. The first-order chi connectivity index (χ1) is 12.3. The third kappa shape index (κ3) is 5.52. The number of furan rings is 1. The Morgan fingerprint density at radius 3 is 2.85 bits per heavy atom. The highest BCUT2D eigenvalue weighted by atomic mass is 35.5. The van der Waals surface area contributed by atoms with Gasteiger partial charge in [0.15, 0.2) is 5.76 Å². The van der Waals surface area contributed by atoms with Crippen LogP contribution in [0.2, 0.25) is 0 Å². The predicted octanol–water partition coefficient (Wildman–Crippen LogP) is 1.68. The molecule has 1 aliphatic rings. The van der Waals surface area contributed by atoms with E-state index in [1.807, 2.05) is 0 Å². The van der Waals surface area contributed by atoms with Crippen LogP contribution in [0.4, 0.5) is 4.39 Å². The second-order valence-electron chi connectivity index (χ2n) is 6.13. The number of nitrogens with one attached hydrogen (secondary N) is 2. The van der Waals surface area contributed by atoms with E-state index in [0.29, 0.717) is 31.0 Å². The van der Waals surface area contributed by atoms with E-state index in [1.54, 1.807) is 23.1 Å². The van der Waals surface area contributed by atoms with E-state index in [1.165, 1.54) is 18.2 Å². The number of amides is 1. The maximum atomic E-state index is 13.6. The van der Waals surface area contributed by atoms with Gasteiger partial charge >= 0.3 is 0 Å². The number of benzene rings is 1. The zero-order valence-corrected chi connectivity index (χ0v) is 16.3. The first-order valence-corrected chi connectivity index (χ1v) is 10.0. The summed E-state index contributed by atoms with van der Waals surface area (Å²) in [5, 5.41) is 3.21. The van der Waals surface area contributed by atoms with Crippen molar-refractivity contribution >= 4 is 28.3 Å². The maximum Gasteiger partial charge on any atom is 0.290 e. The average molecular weight is 418 g/mol. The van der Waals surface area contributed by atoms with Crippen LogP contribution in [0.5, 0.6) is 0 Å². The number of hydrogen-bond acceptors (Lipinski definition) is 5. The van der Waals surface area contributed by atoms with Crippen LogP contribution < -0.4 is 10.0 Å². The summed E-state index contributed by atoms with van der Waals surface area (Å²) in [6, 6.07) is 8.95. The molecule has 1 saturated heterocycles. The molecule has 1 aliphatic heterocycles. The van der Waals surface area contributed by atoms with Crippen molar-refractivity contribution in [3.8, 4) is 0 Å². The SMILES string of the molecule is CS(=O)(=O)NCc1ccc(C(=O)N2CCNCC2c2cccc(F)c2)o1.Cl. The Hall–Kier alpha value is -1.94. The molecule has 1 atom stereocenters. The number of halogens is 2. The average Bonchev–Trinajstić information content (AvgIpc) is 3.08. The van der Waals surface area contributed by atoms with Gasteiger partial charge in [-0.2, -0.15) is 0 Å². The molecule has 1 unspecified atom stereocenters. The fraction of sp³-hybridized carbons (Fsp3) is 0.353. The van der Waals surface area contributed by atoms with Crippen LogP contribution in [0.1, 0.15) is 27.9 Å². The zero-order chi connectivity index (χ0) is 18.7. The van der Waals surface area contributed by atoms with E-state index in [2.05, 4.69) is 10.0 Å². The molecule has 2 N–H and O–H groups in total. The summed E-state index contributed by atoms with van der Waals surface area (Å²) < 4.78 is 43.7. The number of piperazine rings is 1. The van der Waals surface area contributed by atoms with Gasteiger partial charge in [-0.15, -0.1) is 12.4 Å². The highest BCUT2D eigenvalue weighted by molar-refractivity contribution is 7.88. The molecule has 2 heterocycles. The molecule has 1 aromatic heterocycles. The highest BCUT2D eigenvalue weighted by Crippen LogP contribution is 2.25. The van der Waals surface area contributed by atoms with Crippen LogP contribution in [-0.4, -0.2) is 45.1 Å². The molecular formula is C17H21ClFN3O4S. The number of nitrogens with zero attached hydrogens (tertiary/aromatic N) is 1. The van der Waals surface area contributed by atoms with Gasteiger partial charge in [-0.1, -0.05) is 12.1 Å². The molecule has 1 fully saturated rings. The molecule has 2 aromatic rings. The molecule has 0 spiro atoms. The van der Waals surface area contributed by atoms with E-state index in [0.717, 1.165) is 6.26 Å². The van der Waals surface area contributed by atoms with Crippen molar-refractivity contribution in [3.05, 3.63) is 59.3 Å². The van der Waals surface area contributed by atoms with Crippen molar-refractivity contribution in [2.45, 2.75) is 12.6 Å². The van der Waals surface area contributed by atoms with Crippen LogP contribution in [-0.2, 0) is 16.6 Å². The quantitative estimate of drug-likeness (QED) is 0.772. The lowest BCUT2D eigenvalue weighted by Gasteiger charge is -2.36. The van der Waals surface area contributed by atoms with Gasteiger partial charge < -0.3 is 14.6 Å². The standard InChI is InChI=1S/C17H20FN3O4S.ClH/c1-26(23,24)20-10-14-5-6-16(25-14)17(22)21-8-7-19-11-15(21)12-3-2-4-13(18)9-12;/h2-6,9,15,19-20H,7-8,10-11H2,1H3;1H. The Morgan fingerprint density at radius 2 is 2.15 bits per heavy atom. The fourth-order valence-electron chi connectivity index (χ4n) is 2.89. The minimum atomic E-state index is -3.35. The summed E-state index contributed by atoms with van der Waals surface area (Å²) in [4.78, 5) is 14.5. The van der Waals surface area contributed by atoms with Crippen LogP contribution in [0.25, 0.3) is 0 Å². The number of sulfonamides is 1. The molecule has 1 amide bonds. The summed E-state index contributed by atoms with van der Waals surface area (Å²) in [5.41, 5.74) is 0.705. The Morgan fingerprint density at radius 1 is 1.37 bits per heavy atom. The fourth-order valence-corrected chi connectivity index (χ4v) is 3.30. The van der Waals surface area contributed by atoms with Crippen molar-refractivity contribution in [2.24, 2.45) is 0 Å². The van der Waals surface area contributed by atoms with Crippen molar-refractivity contribution in [1.82, 2.24) is 14.9 Å². The zero-order valence-electron chi connectivity index (χ0n) is 14.6. The number of carbonyl (C=O) groups excluding carboxylic acids is 1. The van der Waals surface area contributed by atoms with Gasteiger partial charge in [0.05, 0.1) is 18.8 Å². The van der Waals surface area contributed by atoms with Crippen molar-refractivity contribution in [3.63, 3.8) is 0 Å². The van der Waals surface area contributed by atoms with E-state index >= 15 is 0 Å². The van der Waals surface area contributed by atoms with E-state index in [9.17, 15) is 17.6 Å². The minimum absolute atomic E-state index is 0. The van der Waals surface area contributed by atoms with Gasteiger partial charge in [0.25, 0.3) is 5.91 Å². The van der Waals surface area contributed by atoms with Crippen LogP contribution in [0, 0.1) is 5.82 Å². The number of rotatable bonds is 5. The molecule has 0 aliphatic carbocycles. The van der Waals surface area contributed by atoms with Gasteiger partial charge in [-0.3, -0.25) is 4.79 Å². The van der Waals surface area contributed by atoms with Crippen LogP contribution >= 0.6 is 12.4 Å². The Balaban J connectivity index is 0.00000261. The Labute approximate surface area is 163 Å². The van der Waals surface area contributed by atoms with Gasteiger partial charge in [-0.25, -0.2) is 17.5 Å². The van der Waals surface area contributed by atoms with Gasteiger partial charge in [-0.05, 0) is 29.8 Å². The highest BCUT2D eigenvalue weighted by Gasteiger charge is 2.30. The molecule has 3 rings (SSSR count). The summed E-state index contributed by atoms with van der Waals surface area (Å²) in [6.07, 6.45) is 1.05. The van der Waals surface area contributed by atoms with Crippen LogP contribution in [0.3, 0.4) is 0 Å². The first kappa shape index (κ1) is 21.4. The topological polar surface area (TPSA) is 91.7 Å². The van der Waals surface area contributed by atoms with E-state index in [4.69, 9.17) is 4.42 Å². The normalized spacial score (nSPS) is 17.4. The van der Waals surface area contributed by atoms with Crippen molar-refractivity contribution in [2.75, 3.05) is 25.9 Å². The maximum absolute atomic E-state index is 13.6. The minimum Gasteiger partial charge on any atom is -0.455 e. The third-order valence-corrected chi connectivity index (χ3v) is 4.79. The Kier molecular flexibility index (Phi) is 6.99. The molecule has 7 nitrogen and oxygen atoms in total. The van der Waals surface area contributed by atoms with E-state index < -0.39 is 10.0 Å². The van der Waals surface area contributed by atoms with Gasteiger partial charge in [0.1, 0.15) is 11.6 Å². The lowest BCUT2D eigenvalue weighted by Crippen LogP contribution is -2.48. The molecule has 148 valence electrons. The summed E-state index contributed by atoms with van der Waals surface area (Å²) in [7, 11) is -3.35. The molecular weight excluding hydrogens is 397 g/mol. The Bertz CT molecular complexity index is 903. The smallest absolute Gasteiger partial charge is 0.290 e.